The van der Waals surface area contributed by atoms with Gasteiger partial charge in [-0.15, -0.1) is 0 Å². The summed E-state index contributed by atoms with van der Waals surface area (Å²) < 4.78 is 39.7. The van der Waals surface area contributed by atoms with Crippen molar-refractivity contribution in [1.82, 2.24) is 0 Å². The highest BCUT2D eigenvalue weighted by Crippen LogP contribution is 2.22. The van der Waals surface area contributed by atoms with Gasteiger partial charge in [0.25, 0.3) is 5.91 Å². The minimum Gasteiger partial charge on any atom is -0.378 e. The highest BCUT2D eigenvalue weighted by Gasteiger charge is 2.12. The molecule has 0 saturated heterocycles. The molecule has 0 aliphatic rings. The van der Waals surface area contributed by atoms with Crippen molar-refractivity contribution in [3.63, 3.8) is 0 Å². The van der Waals surface area contributed by atoms with Crippen LogP contribution in [-0.2, 0) is 0 Å². The van der Waals surface area contributed by atoms with Crippen molar-refractivity contribution in [2.45, 2.75) is 13.0 Å². The van der Waals surface area contributed by atoms with Crippen LogP contribution in [-0.4, -0.2) is 5.91 Å². The first-order valence-corrected chi connectivity index (χ1v) is 6.18. The van der Waals surface area contributed by atoms with Crippen LogP contribution in [0.2, 0.25) is 0 Å². The second kappa shape index (κ2) is 5.87. The van der Waals surface area contributed by atoms with Crippen molar-refractivity contribution >= 4 is 11.6 Å². The molecular weight excluding hydrogens is 281 g/mol. The van der Waals surface area contributed by atoms with E-state index in [4.69, 9.17) is 5.73 Å². The van der Waals surface area contributed by atoms with Gasteiger partial charge in [0, 0.05) is 17.8 Å². The third-order valence-corrected chi connectivity index (χ3v) is 3.00. The van der Waals surface area contributed by atoms with E-state index in [1.54, 1.807) is 6.92 Å². The van der Waals surface area contributed by atoms with Crippen molar-refractivity contribution < 1.29 is 18.0 Å². The van der Waals surface area contributed by atoms with Gasteiger partial charge in [0.05, 0.1) is 5.56 Å². The Hall–Kier alpha value is -2.50. The maximum absolute atomic E-state index is 13.4. The predicted molar refractivity (Wildman–Crippen MR) is 73.3 cm³/mol. The summed E-state index contributed by atoms with van der Waals surface area (Å²) in [4.78, 5) is 11.1. The fraction of sp³-hybridized carbons (Fsp3) is 0.133. The van der Waals surface area contributed by atoms with Crippen molar-refractivity contribution in [3.05, 3.63) is 65.0 Å². The summed E-state index contributed by atoms with van der Waals surface area (Å²) in [5.41, 5.74) is 5.61. The number of anilines is 1. The van der Waals surface area contributed by atoms with Gasteiger partial charge in [-0.05, 0) is 42.8 Å². The van der Waals surface area contributed by atoms with Crippen LogP contribution < -0.4 is 11.1 Å². The molecule has 2 aromatic carbocycles. The Labute approximate surface area is 119 Å². The zero-order chi connectivity index (χ0) is 15.6. The topological polar surface area (TPSA) is 55.1 Å². The summed E-state index contributed by atoms with van der Waals surface area (Å²) in [6, 6.07) is 6.48. The minimum absolute atomic E-state index is 0.252. The average molecular weight is 294 g/mol. The highest BCUT2D eigenvalue weighted by molar-refractivity contribution is 5.94. The molecule has 0 aromatic heterocycles. The Balaban J connectivity index is 2.25. The number of halogens is 3. The van der Waals surface area contributed by atoms with Gasteiger partial charge in [0.15, 0.2) is 0 Å². The lowest BCUT2D eigenvalue weighted by Crippen LogP contribution is -2.14. The average Bonchev–Trinajstić information content (AvgIpc) is 2.39. The molecule has 2 aromatic rings. The number of carbonyl (C=O) groups excluding carboxylic acids is 1. The van der Waals surface area contributed by atoms with Crippen LogP contribution in [0.5, 0.6) is 0 Å². The first-order valence-electron chi connectivity index (χ1n) is 6.18. The number of rotatable bonds is 4. The molecule has 110 valence electrons. The lowest BCUT2D eigenvalue weighted by molar-refractivity contribution is 0.0996. The molecule has 0 aliphatic carbocycles. The molecule has 6 heteroatoms. The summed E-state index contributed by atoms with van der Waals surface area (Å²) >= 11 is 0. The zero-order valence-electron chi connectivity index (χ0n) is 11.2. The number of hydrogen-bond donors (Lipinski definition) is 2. The summed E-state index contributed by atoms with van der Waals surface area (Å²) in [5.74, 6) is -2.98. The van der Waals surface area contributed by atoms with Crippen LogP contribution >= 0.6 is 0 Å². The second-order valence-corrected chi connectivity index (χ2v) is 4.63. The van der Waals surface area contributed by atoms with E-state index in [0.29, 0.717) is 11.3 Å². The Morgan fingerprint density at radius 3 is 2.29 bits per heavy atom. The van der Waals surface area contributed by atoms with Gasteiger partial charge in [-0.25, -0.2) is 13.2 Å². The standard InChI is InChI=1S/C15H13F3N2O/c1-8(9-4-10(16)6-11(17)5-9)20-12-2-3-14(18)13(7-12)15(19)21/h2-8,20H,1H3,(H2,19,21). The van der Waals surface area contributed by atoms with E-state index in [0.717, 1.165) is 12.1 Å². The van der Waals surface area contributed by atoms with Crippen LogP contribution in [0.15, 0.2) is 36.4 Å². The molecule has 0 heterocycles. The number of primary amides is 1. The predicted octanol–water partition coefficient (Wildman–Crippen LogP) is 3.38. The Bertz CT molecular complexity index is 668. The molecule has 0 aliphatic heterocycles. The molecule has 3 nitrogen and oxygen atoms in total. The van der Waals surface area contributed by atoms with Crippen LogP contribution in [0.1, 0.15) is 28.9 Å². The molecule has 21 heavy (non-hydrogen) atoms. The molecule has 1 atom stereocenters. The van der Waals surface area contributed by atoms with E-state index in [1.165, 1.54) is 24.3 Å². The van der Waals surface area contributed by atoms with Crippen LogP contribution in [0.3, 0.4) is 0 Å². The zero-order valence-corrected chi connectivity index (χ0v) is 11.2. The van der Waals surface area contributed by atoms with Crippen molar-refractivity contribution in [2.24, 2.45) is 5.73 Å². The molecular formula is C15H13F3N2O. The number of nitrogens with one attached hydrogen (secondary N) is 1. The quantitative estimate of drug-likeness (QED) is 0.908. The van der Waals surface area contributed by atoms with E-state index in [1.807, 2.05) is 0 Å². The first kappa shape index (κ1) is 14.9. The van der Waals surface area contributed by atoms with Crippen molar-refractivity contribution in [3.8, 4) is 0 Å². The first-order chi connectivity index (χ1) is 9.86. The number of benzene rings is 2. The van der Waals surface area contributed by atoms with Crippen molar-refractivity contribution in [2.75, 3.05) is 5.32 Å². The second-order valence-electron chi connectivity index (χ2n) is 4.63. The minimum atomic E-state index is -0.888. The molecule has 0 bridgehead atoms. The van der Waals surface area contributed by atoms with E-state index in [-0.39, 0.29) is 5.56 Å². The number of nitrogens with two attached hydrogens (primary N) is 1. The fourth-order valence-electron chi connectivity index (χ4n) is 1.96. The molecule has 1 amide bonds. The largest absolute Gasteiger partial charge is 0.378 e. The smallest absolute Gasteiger partial charge is 0.251 e. The summed E-state index contributed by atoms with van der Waals surface area (Å²) in [6.45, 7) is 1.68. The molecule has 0 saturated carbocycles. The van der Waals surface area contributed by atoms with Gasteiger partial charge in [0.2, 0.25) is 0 Å². The maximum Gasteiger partial charge on any atom is 0.251 e. The number of hydrogen-bond acceptors (Lipinski definition) is 2. The van der Waals surface area contributed by atoms with E-state index in [9.17, 15) is 18.0 Å². The number of carbonyl (C=O) groups is 1. The van der Waals surface area contributed by atoms with Gasteiger partial charge in [0.1, 0.15) is 17.5 Å². The molecule has 2 rings (SSSR count). The van der Waals surface area contributed by atoms with Gasteiger partial charge in [-0.2, -0.15) is 0 Å². The molecule has 3 N–H and O–H groups in total. The van der Waals surface area contributed by atoms with E-state index < -0.39 is 29.4 Å². The van der Waals surface area contributed by atoms with Gasteiger partial charge < -0.3 is 11.1 Å². The fourth-order valence-corrected chi connectivity index (χ4v) is 1.96. The molecule has 0 radical (unpaired) electrons. The normalized spacial score (nSPS) is 12.0. The van der Waals surface area contributed by atoms with Crippen LogP contribution in [0.25, 0.3) is 0 Å². The third kappa shape index (κ3) is 3.53. The number of amides is 1. The molecule has 1 unspecified atom stereocenters. The molecule has 0 spiro atoms. The third-order valence-electron chi connectivity index (χ3n) is 3.00. The van der Waals surface area contributed by atoms with Crippen molar-refractivity contribution in [1.29, 1.82) is 0 Å². The van der Waals surface area contributed by atoms with Crippen LogP contribution in [0, 0.1) is 17.5 Å². The SMILES string of the molecule is CC(Nc1ccc(F)c(C(N)=O)c1)c1cc(F)cc(F)c1. The lowest BCUT2D eigenvalue weighted by Gasteiger charge is -2.16. The Morgan fingerprint density at radius 2 is 1.71 bits per heavy atom. The monoisotopic (exact) mass is 294 g/mol. The van der Waals surface area contributed by atoms with E-state index in [2.05, 4.69) is 5.32 Å². The van der Waals surface area contributed by atoms with Gasteiger partial charge in [-0.3, -0.25) is 4.79 Å². The Kier molecular flexibility index (Phi) is 4.16. The summed E-state index contributed by atoms with van der Waals surface area (Å²) in [7, 11) is 0. The maximum atomic E-state index is 13.4. The lowest BCUT2D eigenvalue weighted by atomic mass is 10.1. The van der Waals surface area contributed by atoms with Gasteiger partial charge >= 0.3 is 0 Å². The molecule has 0 fully saturated rings. The summed E-state index contributed by atoms with van der Waals surface area (Å²) in [6.07, 6.45) is 0. The van der Waals surface area contributed by atoms with Gasteiger partial charge in [-0.1, -0.05) is 0 Å². The van der Waals surface area contributed by atoms with Crippen LogP contribution in [0.4, 0.5) is 18.9 Å². The summed E-state index contributed by atoms with van der Waals surface area (Å²) in [5, 5.41) is 2.93. The van der Waals surface area contributed by atoms with E-state index >= 15 is 0 Å². The highest BCUT2D eigenvalue weighted by atomic mass is 19.1. The Morgan fingerprint density at radius 1 is 1.10 bits per heavy atom.